The number of benzene rings is 1. The third-order valence-electron chi connectivity index (χ3n) is 8.83. The SMILES string of the molecule is Cc1c(CC(=O)NCCN2C(=O)C=CC2=O)c(=O)oc2cc(NC(=O)CN(CCN(CCN(CCN(CC(=O)O)CC(=O)O)CC(=O)O)CC(=O)O)CC(=O)O)ccc12. The average Bonchev–Trinajstić information content (AvgIpc) is 3.44. The molecule has 0 saturated heterocycles. The largest absolute Gasteiger partial charge is 0.480 e. The zero-order chi connectivity index (χ0) is 43.8. The van der Waals surface area contributed by atoms with Gasteiger partial charge in [0.05, 0.1) is 51.3 Å². The number of nitrogens with one attached hydrogen (secondary N) is 2. The Bertz CT molecular complexity index is 2000. The summed E-state index contributed by atoms with van der Waals surface area (Å²) in [6, 6.07) is 4.41. The molecule has 1 aliphatic heterocycles. The molecule has 3 rings (SSSR count). The molecule has 1 aromatic carbocycles. The van der Waals surface area contributed by atoms with Crippen LogP contribution in [0.5, 0.6) is 0 Å². The number of hydrogen-bond donors (Lipinski definition) is 7. The minimum absolute atomic E-state index is 0.0342. The lowest BCUT2D eigenvalue weighted by Gasteiger charge is -2.29. The minimum Gasteiger partial charge on any atom is -0.480 e. The molecule has 7 N–H and O–H groups in total. The highest BCUT2D eigenvalue weighted by molar-refractivity contribution is 6.12. The van der Waals surface area contributed by atoms with Gasteiger partial charge in [0.15, 0.2) is 0 Å². The Hall–Kier alpha value is -6.56. The highest BCUT2D eigenvalue weighted by atomic mass is 16.4. The van der Waals surface area contributed by atoms with Gasteiger partial charge in [-0.05, 0) is 24.6 Å². The Balaban J connectivity index is 1.62. The summed E-state index contributed by atoms with van der Waals surface area (Å²) in [6.07, 6.45) is 1.88. The third kappa shape index (κ3) is 16.1. The number of carbonyl (C=O) groups is 9. The van der Waals surface area contributed by atoms with Gasteiger partial charge in [-0.1, -0.05) is 0 Å². The van der Waals surface area contributed by atoms with E-state index in [1.165, 1.54) is 26.8 Å². The first-order valence-electron chi connectivity index (χ1n) is 18.0. The summed E-state index contributed by atoms with van der Waals surface area (Å²) in [5.41, 5.74) is -0.0569. The fraction of sp³-hybridized carbons (Fsp3) is 0.444. The Morgan fingerprint density at radius 1 is 0.627 bits per heavy atom. The Morgan fingerprint density at radius 2 is 1.07 bits per heavy atom. The van der Waals surface area contributed by atoms with Crippen LogP contribution in [0.2, 0.25) is 0 Å². The molecule has 1 aromatic heterocycles. The van der Waals surface area contributed by atoms with Crippen molar-refractivity contribution in [2.75, 3.05) is 96.9 Å². The molecule has 0 radical (unpaired) electrons. The number of carboxylic acids is 5. The molecule has 320 valence electrons. The van der Waals surface area contributed by atoms with Crippen LogP contribution in [0.4, 0.5) is 5.69 Å². The Labute approximate surface area is 335 Å². The van der Waals surface area contributed by atoms with Crippen LogP contribution in [-0.4, -0.2) is 195 Å². The highest BCUT2D eigenvalue weighted by Gasteiger charge is 2.24. The van der Waals surface area contributed by atoms with E-state index in [9.17, 15) is 63.3 Å². The van der Waals surface area contributed by atoms with Crippen molar-refractivity contribution in [3.05, 3.63) is 51.9 Å². The molecule has 0 saturated carbocycles. The molecule has 0 aliphatic carbocycles. The second-order valence-corrected chi connectivity index (χ2v) is 13.4. The molecule has 0 fully saturated rings. The molecule has 2 heterocycles. The quantitative estimate of drug-likeness (QED) is 0.0355. The van der Waals surface area contributed by atoms with E-state index in [0.717, 1.165) is 22.0 Å². The summed E-state index contributed by atoms with van der Waals surface area (Å²) in [5.74, 6) is -8.57. The first-order chi connectivity index (χ1) is 27.8. The first kappa shape index (κ1) is 46.8. The number of anilines is 1. The number of imide groups is 1. The van der Waals surface area contributed by atoms with Gasteiger partial charge in [0.25, 0.3) is 11.8 Å². The van der Waals surface area contributed by atoms with E-state index in [4.69, 9.17) is 14.6 Å². The van der Waals surface area contributed by atoms with Crippen molar-refractivity contribution in [2.24, 2.45) is 0 Å². The Kier molecular flexibility index (Phi) is 17.8. The summed E-state index contributed by atoms with van der Waals surface area (Å²) in [6.45, 7) is -2.31. The number of rotatable bonds is 27. The van der Waals surface area contributed by atoms with E-state index < -0.39 is 98.4 Å². The van der Waals surface area contributed by atoms with E-state index in [2.05, 4.69) is 10.6 Å². The normalized spacial score (nSPS) is 12.6. The van der Waals surface area contributed by atoms with E-state index >= 15 is 0 Å². The molecule has 4 amide bonds. The van der Waals surface area contributed by atoms with E-state index in [0.29, 0.717) is 10.9 Å². The van der Waals surface area contributed by atoms with Crippen LogP contribution in [0.1, 0.15) is 11.1 Å². The molecule has 0 atom stereocenters. The maximum absolute atomic E-state index is 13.1. The molecule has 0 unspecified atom stereocenters. The number of nitrogens with zero attached hydrogens (tertiary/aromatic N) is 5. The maximum atomic E-state index is 13.1. The Morgan fingerprint density at radius 3 is 1.54 bits per heavy atom. The molecule has 2 aromatic rings. The second kappa shape index (κ2) is 22.4. The lowest BCUT2D eigenvalue weighted by molar-refractivity contribution is -0.143. The average molecular weight is 832 g/mol. The van der Waals surface area contributed by atoms with Crippen LogP contribution in [0.3, 0.4) is 0 Å². The summed E-state index contributed by atoms with van der Waals surface area (Å²) in [4.78, 5) is 125. The van der Waals surface area contributed by atoms with Gasteiger partial charge in [0, 0.05) is 81.7 Å². The summed E-state index contributed by atoms with van der Waals surface area (Å²) >= 11 is 0. The number of aryl methyl sites for hydroxylation is 1. The topological polar surface area (TPSA) is 325 Å². The van der Waals surface area contributed by atoms with Crippen molar-refractivity contribution in [3.63, 3.8) is 0 Å². The predicted molar refractivity (Wildman–Crippen MR) is 202 cm³/mol. The van der Waals surface area contributed by atoms with Crippen LogP contribution in [-0.2, 0) is 49.6 Å². The summed E-state index contributed by atoms with van der Waals surface area (Å²) in [5, 5.41) is 52.1. The van der Waals surface area contributed by atoms with E-state index in [1.807, 2.05) is 0 Å². The van der Waals surface area contributed by atoms with Gasteiger partial charge in [0.2, 0.25) is 11.8 Å². The maximum Gasteiger partial charge on any atom is 0.340 e. The van der Waals surface area contributed by atoms with E-state index in [1.54, 1.807) is 13.0 Å². The minimum atomic E-state index is -1.29. The molecule has 0 bridgehead atoms. The molecule has 23 heteroatoms. The molecular weight excluding hydrogens is 786 g/mol. The smallest absolute Gasteiger partial charge is 0.340 e. The monoisotopic (exact) mass is 831 g/mol. The lowest BCUT2D eigenvalue weighted by atomic mass is 10.0. The highest BCUT2D eigenvalue weighted by Crippen LogP contribution is 2.23. The predicted octanol–water partition coefficient (Wildman–Crippen LogP) is -2.75. The molecule has 1 aliphatic rings. The summed E-state index contributed by atoms with van der Waals surface area (Å²) < 4.78 is 5.44. The molecule has 23 nitrogen and oxygen atoms in total. The third-order valence-corrected chi connectivity index (χ3v) is 8.83. The van der Waals surface area contributed by atoms with Crippen molar-refractivity contribution in [1.82, 2.24) is 29.8 Å². The van der Waals surface area contributed by atoms with Gasteiger partial charge in [-0.2, -0.15) is 0 Å². The van der Waals surface area contributed by atoms with Gasteiger partial charge >= 0.3 is 35.5 Å². The van der Waals surface area contributed by atoms with Crippen molar-refractivity contribution in [2.45, 2.75) is 13.3 Å². The lowest BCUT2D eigenvalue weighted by Crippen LogP contribution is -2.46. The number of hydrogen-bond acceptors (Lipinski definition) is 15. The van der Waals surface area contributed by atoms with E-state index in [-0.39, 0.29) is 75.6 Å². The number of amides is 4. The number of fused-ring (bicyclic) bond motifs is 1. The number of carbonyl (C=O) groups excluding carboxylic acids is 4. The van der Waals surface area contributed by atoms with Crippen LogP contribution in [0.15, 0.2) is 39.6 Å². The molecule has 59 heavy (non-hydrogen) atoms. The zero-order valence-electron chi connectivity index (χ0n) is 32.0. The van der Waals surface area contributed by atoms with Gasteiger partial charge in [-0.25, -0.2) is 4.79 Å². The van der Waals surface area contributed by atoms with Crippen molar-refractivity contribution in [1.29, 1.82) is 0 Å². The fourth-order valence-corrected chi connectivity index (χ4v) is 6.03. The molecule has 0 spiro atoms. The van der Waals surface area contributed by atoms with Crippen molar-refractivity contribution < 1.29 is 73.1 Å². The van der Waals surface area contributed by atoms with Crippen LogP contribution in [0.25, 0.3) is 11.0 Å². The van der Waals surface area contributed by atoms with Crippen molar-refractivity contribution in [3.8, 4) is 0 Å². The first-order valence-corrected chi connectivity index (χ1v) is 18.0. The van der Waals surface area contributed by atoms with Gasteiger partial charge in [-0.15, -0.1) is 0 Å². The van der Waals surface area contributed by atoms with Gasteiger partial charge in [0.1, 0.15) is 5.58 Å². The van der Waals surface area contributed by atoms with Crippen LogP contribution >= 0.6 is 0 Å². The zero-order valence-corrected chi connectivity index (χ0v) is 32.0. The molecular formula is C36H45N7O16. The standard InChI is InChI=1S/C36H45N7O16/c1-22-24-3-2-23(14-26(24)59-36(58)25(22)15-27(44)37-6-7-43-29(46)4-5-30(43)47)38-28(45)16-41(19-33(52)53)12-10-39(17-31(48)49)8-9-40(18-32(50)51)11-13-42(20-34(54)55)21-35(56)57/h2-5,14H,6-13,15-21H2,1H3,(H,37,44)(H,38,45)(H,48,49)(H,50,51)(H,52,53)(H,54,55)(H,56,57). The second-order valence-electron chi connectivity index (χ2n) is 13.4. The van der Waals surface area contributed by atoms with Gasteiger partial charge < -0.3 is 40.6 Å². The van der Waals surface area contributed by atoms with Crippen molar-refractivity contribution >= 4 is 70.1 Å². The summed E-state index contributed by atoms with van der Waals surface area (Å²) in [7, 11) is 0. The van der Waals surface area contributed by atoms with Crippen LogP contribution in [0, 0.1) is 6.92 Å². The van der Waals surface area contributed by atoms with Crippen LogP contribution < -0.4 is 16.3 Å². The fourth-order valence-electron chi connectivity index (χ4n) is 6.03. The van der Waals surface area contributed by atoms with Gasteiger partial charge in [-0.3, -0.25) is 67.7 Å². The number of carboxylic acid groups (broad SMARTS) is 5. The number of aliphatic carboxylic acids is 5.